The molecule has 5 heteroatoms. The van der Waals surface area contributed by atoms with E-state index in [4.69, 9.17) is 9.47 Å². The van der Waals surface area contributed by atoms with Gasteiger partial charge >= 0.3 is 11.9 Å². The number of carbonyl (C=O) groups is 2. The van der Waals surface area contributed by atoms with Crippen LogP contribution in [-0.2, 0) is 19.1 Å². The van der Waals surface area contributed by atoms with Crippen molar-refractivity contribution in [2.24, 2.45) is 0 Å². The van der Waals surface area contributed by atoms with Crippen LogP contribution in [0.3, 0.4) is 0 Å². The summed E-state index contributed by atoms with van der Waals surface area (Å²) in [5, 5.41) is 9.55. The molecule has 50 heavy (non-hydrogen) atoms. The van der Waals surface area contributed by atoms with E-state index in [2.05, 4.69) is 123 Å². The number of carbonyl (C=O) groups excluding carboxylic acids is 2. The van der Waals surface area contributed by atoms with E-state index in [0.717, 1.165) is 116 Å². The van der Waals surface area contributed by atoms with Crippen molar-refractivity contribution in [3.05, 3.63) is 109 Å². The molecule has 280 valence electrons. The highest BCUT2D eigenvalue weighted by Gasteiger charge is 2.16. The van der Waals surface area contributed by atoms with Crippen LogP contribution in [0.1, 0.15) is 142 Å². The molecule has 0 rings (SSSR count). The third-order valence-corrected chi connectivity index (χ3v) is 7.56. The number of aliphatic hydroxyl groups excluding tert-OH is 1. The summed E-state index contributed by atoms with van der Waals surface area (Å²) in [6.45, 7) is 3.83. The lowest BCUT2D eigenvalue weighted by Crippen LogP contribution is -2.28. The maximum atomic E-state index is 12.2. The second-order valence-corrected chi connectivity index (χ2v) is 12.2. The fraction of sp³-hybridized carbons (Fsp3) is 0.556. The summed E-state index contributed by atoms with van der Waals surface area (Å²) >= 11 is 0. The molecule has 1 N–H and O–H groups in total. The van der Waals surface area contributed by atoms with Crippen LogP contribution in [0.15, 0.2) is 109 Å². The minimum atomic E-state index is -0.807. The number of hydrogen-bond donors (Lipinski definition) is 1. The van der Waals surface area contributed by atoms with Gasteiger partial charge in [-0.1, -0.05) is 142 Å². The maximum Gasteiger partial charge on any atom is 0.306 e. The molecule has 0 aliphatic rings. The van der Waals surface area contributed by atoms with Gasteiger partial charge < -0.3 is 14.6 Å². The van der Waals surface area contributed by atoms with Crippen molar-refractivity contribution in [2.75, 3.05) is 13.2 Å². The van der Waals surface area contributed by atoms with Crippen LogP contribution in [0, 0.1) is 0 Å². The Kier molecular flexibility index (Phi) is 37.2. The highest BCUT2D eigenvalue weighted by Crippen LogP contribution is 2.09. The van der Waals surface area contributed by atoms with Gasteiger partial charge in [0.15, 0.2) is 6.10 Å². The first kappa shape index (κ1) is 46.6. The number of rotatable bonds is 33. The van der Waals surface area contributed by atoms with E-state index in [0.29, 0.717) is 12.8 Å². The van der Waals surface area contributed by atoms with E-state index >= 15 is 0 Å². The second kappa shape index (κ2) is 40.0. The van der Waals surface area contributed by atoms with E-state index in [9.17, 15) is 14.7 Å². The monoisotopic (exact) mass is 691 g/mol. The van der Waals surface area contributed by atoms with Crippen LogP contribution in [0.2, 0.25) is 0 Å². The zero-order valence-electron chi connectivity index (χ0n) is 31.6. The number of hydrogen-bond acceptors (Lipinski definition) is 5. The molecule has 0 aromatic carbocycles. The molecular weight excluding hydrogens is 620 g/mol. The number of ether oxygens (including phenoxy) is 2. The van der Waals surface area contributed by atoms with Crippen LogP contribution >= 0.6 is 0 Å². The van der Waals surface area contributed by atoms with Crippen molar-refractivity contribution in [1.29, 1.82) is 0 Å². The van der Waals surface area contributed by atoms with Crippen molar-refractivity contribution < 1.29 is 24.2 Å². The molecule has 0 aliphatic heterocycles. The molecule has 0 fully saturated rings. The van der Waals surface area contributed by atoms with Gasteiger partial charge in [0, 0.05) is 12.8 Å². The molecule has 0 amide bonds. The Balaban J connectivity index is 3.73. The summed E-state index contributed by atoms with van der Waals surface area (Å²) in [7, 11) is 0. The highest BCUT2D eigenvalue weighted by atomic mass is 16.6. The molecule has 0 aliphatic carbocycles. The lowest BCUT2D eigenvalue weighted by atomic mass is 10.1. The largest absolute Gasteiger partial charge is 0.462 e. The van der Waals surface area contributed by atoms with Gasteiger partial charge in [-0.05, 0) is 96.3 Å². The second-order valence-electron chi connectivity index (χ2n) is 12.2. The van der Waals surface area contributed by atoms with Crippen LogP contribution < -0.4 is 0 Å². The summed E-state index contributed by atoms with van der Waals surface area (Å²) in [5.74, 6) is -0.670. The lowest BCUT2D eigenvalue weighted by molar-refractivity contribution is -0.161. The van der Waals surface area contributed by atoms with E-state index < -0.39 is 6.10 Å². The van der Waals surface area contributed by atoms with Crippen molar-refractivity contribution in [2.45, 2.75) is 148 Å². The summed E-state index contributed by atoms with van der Waals surface area (Å²) in [4.78, 5) is 24.3. The van der Waals surface area contributed by atoms with Crippen LogP contribution in [0.5, 0.6) is 0 Å². The minimum absolute atomic E-state index is 0.100. The van der Waals surface area contributed by atoms with E-state index in [1.165, 1.54) is 0 Å². The summed E-state index contributed by atoms with van der Waals surface area (Å²) in [6.07, 6.45) is 57.1. The quantitative estimate of drug-likeness (QED) is 0.0421. The molecule has 0 saturated heterocycles. The number of unbranched alkanes of at least 4 members (excludes halogenated alkanes) is 7. The normalized spacial score (nSPS) is 13.4. The van der Waals surface area contributed by atoms with Gasteiger partial charge in [0.05, 0.1) is 6.61 Å². The van der Waals surface area contributed by atoms with E-state index in [-0.39, 0.29) is 25.2 Å². The summed E-state index contributed by atoms with van der Waals surface area (Å²) in [6, 6.07) is 0. The molecule has 5 nitrogen and oxygen atoms in total. The minimum Gasteiger partial charge on any atom is -0.462 e. The van der Waals surface area contributed by atoms with Gasteiger partial charge in [0.2, 0.25) is 0 Å². The van der Waals surface area contributed by atoms with Crippen molar-refractivity contribution in [3.8, 4) is 0 Å². The number of esters is 2. The molecule has 0 aromatic rings. The molecule has 1 unspecified atom stereocenters. The standard InChI is InChI=1S/C45H70O5/c1-3-5-7-9-11-13-15-17-19-21-22-24-26-28-30-32-34-36-38-40-45(48)50-43(41-46)42-49-44(47)39-37-35-33-31-29-27-25-23-20-18-16-14-12-10-8-6-4-2/h5-8,11-14,17-20,22,24-25,27-28,30,43,46H,3-4,9-10,15-16,21,23,26,29,31-42H2,1-2H3/b7-5-,8-6-,13-11-,14-12-,19-17-,20-18-,24-22-,27-25-,30-28-. The Morgan fingerprint density at radius 3 is 1.20 bits per heavy atom. The van der Waals surface area contributed by atoms with Crippen molar-refractivity contribution in [1.82, 2.24) is 0 Å². The summed E-state index contributed by atoms with van der Waals surface area (Å²) in [5.41, 5.74) is 0. The zero-order valence-corrected chi connectivity index (χ0v) is 31.6. The van der Waals surface area contributed by atoms with Gasteiger partial charge in [-0.25, -0.2) is 0 Å². The van der Waals surface area contributed by atoms with Crippen molar-refractivity contribution in [3.63, 3.8) is 0 Å². The topological polar surface area (TPSA) is 72.8 Å². The van der Waals surface area contributed by atoms with Gasteiger partial charge in [-0.15, -0.1) is 0 Å². The van der Waals surface area contributed by atoms with Crippen LogP contribution in [0.25, 0.3) is 0 Å². The zero-order chi connectivity index (χ0) is 36.4. The molecule has 0 aromatic heterocycles. The average Bonchev–Trinajstić information content (AvgIpc) is 3.12. The van der Waals surface area contributed by atoms with E-state index in [1.54, 1.807) is 0 Å². The highest BCUT2D eigenvalue weighted by molar-refractivity contribution is 5.70. The maximum absolute atomic E-state index is 12.2. The third kappa shape index (κ3) is 37.4. The molecule has 0 spiro atoms. The van der Waals surface area contributed by atoms with Gasteiger partial charge in [-0.3, -0.25) is 9.59 Å². The predicted molar refractivity (Wildman–Crippen MR) is 214 cm³/mol. The molecular formula is C45H70O5. The first-order chi connectivity index (χ1) is 24.6. The third-order valence-electron chi connectivity index (χ3n) is 7.56. The molecule has 0 saturated carbocycles. The Morgan fingerprint density at radius 2 is 0.800 bits per heavy atom. The molecule has 1 atom stereocenters. The Hall–Kier alpha value is -3.44. The van der Waals surface area contributed by atoms with Crippen LogP contribution in [0.4, 0.5) is 0 Å². The predicted octanol–water partition coefficient (Wildman–Crippen LogP) is 12.3. The average molecular weight is 691 g/mol. The van der Waals surface area contributed by atoms with Gasteiger partial charge in [0.1, 0.15) is 6.61 Å². The smallest absolute Gasteiger partial charge is 0.306 e. The summed E-state index contributed by atoms with van der Waals surface area (Å²) < 4.78 is 10.6. The Bertz CT molecular complexity index is 1050. The number of aliphatic hydroxyl groups is 1. The Labute approximate surface area is 306 Å². The van der Waals surface area contributed by atoms with Gasteiger partial charge in [0.25, 0.3) is 0 Å². The fourth-order valence-corrected chi connectivity index (χ4v) is 4.69. The Morgan fingerprint density at radius 1 is 0.460 bits per heavy atom. The molecule has 0 bridgehead atoms. The first-order valence-corrected chi connectivity index (χ1v) is 19.4. The van der Waals surface area contributed by atoms with Crippen molar-refractivity contribution >= 4 is 11.9 Å². The SMILES string of the molecule is CC/C=C\C/C=C\C/C=C\C/C=C\C/C=C\CCCCCC(=O)OC(CO)COC(=O)CCCCCC/C=C\C/C=C\C/C=C\C/C=C\CC. The lowest BCUT2D eigenvalue weighted by Gasteiger charge is -2.15. The molecule has 0 heterocycles. The van der Waals surface area contributed by atoms with Gasteiger partial charge in [-0.2, -0.15) is 0 Å². The number of allylic oxidation sites excluding steroid dienone is 18. The fourth-order valence-electron chi connectivity index (χ4n) is 4.69. The van der Waals surface area contributed by atoms with E-state index in [1.807, 2.05) is 0 Å². The first-order valence-electron chi connectivity index (χ1n) is 19.4. The molecule has 0 radical (unpaired) electrons. The van der Waals surface area contributed by atoms with Crippen LogP contribution in [-0.4, -0.2) is 36.4 Å².